The summed E-state index contributed by atoms with van der Waals surface area (Å²) in [5, 5.41) is 38.1. The number of anilines is 1. The first kappa shape index (κ1) is 13.9. The van der Waals surface area contributed by atoms with E-state index in [0.717, 1.165) is 4.57 Å². The number of nitrogens with zero attached hydrogens (tertiary/aromatic N) is 2. The van der Waals surface area contributed by atoms with Crippen LogP contribution >= 0.6 is 0 Å². The molecule has 0 unspecified atom stereocenters. The van der Waals surface area contributed by atoms with Crippen LogP contribution in [0.5, 0.6) is 0 Å². The van der Waals surface area contributed by atoms with Gasteiger partial charge in [-0.05, 0) is 6.07 Å². The molecule has 19 heavy (non-hydrogen) atoms. The van der Waals surface area contributed by atoms with Gasteiger partial charge in [0.2, 0.25) is 0 Å². The third-order valence-electron chi connectivity index (χ3n) is 3.17. The van der Waals surface area contributed by atoms with Gasteiger partial charge in [-0.2, -0.15) is 4.98 Å². The second-order valence-electron chi connectivity index (χ2n) is 4.37. The van der Waals surface area contributed by atoms with Gasteiger partial charge in [-0.1, -0.05) is 0 Å². The van der Waals surface area contributed by atoms with Crippen molar-refractivity contribution < 1.29 is 25.2 Å². The first-order chi connectivity index (χ1) is 8.95. The Kier molecular flexibility index (Phi) is 3.56. The Morgan fingerprint density at radius 2 is 2.05 bits per heavy atom. The summed E-state index contributed by atoms with van der Waals surface area (Å²) >= 11 is 0. The summed E-state index contributed by atoms with van der Waals surface area (Å²) in [6.45, 7) is -1.43. The zero-order chi connectivity index (χ0) is 14.2. The lowest BCUT2D eigenvalue weighted by atomic mass is 9.97. The maximum atomic E-state index is 11.6. The quantitative estimate of drug-likeness (QED) is 0.386. The molecule has 1 fully saturated rings. The molecular weight excluding hydrogens is 258 g/mol. The van der Waals surface area contributed by atoms with Gasteiger partial charge in [0.15, 0.2) is 6.23 Å². The van der Waals surface area contributed by atoms with Crippen molar-refractivity contribution in [1.82, 2.24) is 9.55 Å². The zero-order valence-electron chi connectivity index (χ0n) is 9.88. The van der Waals surface area contributed by atoms with Gasteiger partial charge < -0.3 is 30.9 Å². The molecule has 2 heterocycles. The predicted octanol–water partition coefficient (Wildman–Crippen LogP) is -3.20. The van der Waals surface area contributed by atoms with Crippen molar-refractivity contribution in [2.45, 2.75) is 24.0 Å². The number of nitrogens with two attached hydrogens (primary N) is 1. The van der Waals surface area contributed by atoms with Crippen molar-refractivity contribution in [3.8, 4) is 0 Å². The molecular formula is C10H15N3O6. The molecule has 2 rings (SSSR count). The van der Waals surface area contributed by atoms with Crippen LogP contribution in [-0.2, 0) is 4.74 Å². The molecule has 106 valence electrons. The minimum atomic E-state index is -1.73. The minimum absolute atomic E-state index is 0.00450. The highest BCUT2D eigenvalue weighted by Crippen LogP contribution is 2.36. The van der Waals surface area contributed by atoms with Crippen molar-refractivity contribution in [3.63, 3.8) is 0 Å². The molecule has 1 aromatic rings. The largest absolute Gasteiger partial charge is 0.393 e. The van der Waals surface area contributed by atoms with Crippen molar-refractivity contribution in [2.24, 2.45) is 0 Å². The van der Waals surface area contributed by atoms with Crippen LogP contribution in [0.25, 0.3) is 0 Å². The summed E-state index contributed by atoms with van der Waals surface area (Å²) in [4.78, 5) is 15.1. The Labute approximate surface area is 107 Å². The Morgan fingerprint density at radius 3 is 2.53 bits per heavy atom. The van der Waals surface area contributed by atoms with E-state index in [2.05, 4.69) is 4.98 Å². The highest BCUT2D eigenvalue weighted by atomic mass is 16.6. The third-order valence-corrected chi connectivity index (χ3v) is 3.17. The van der Waals surface area contributed by atoms with Crippen molar-refractivity contribution in [2.75, 3.05) is 18.9 Å². The Hall–Kier alpha value is -1.52. The van der Waals surface area contributed by atoms with Crippen LogP contribution in [0.3, 0.4) is 0 Å². The molecule has 1 aliphatic heterocycles. The molecule has 0 aliphatic carbocycles. The topological polar surface area (TPSA) is 151 Å². The molecule has 1 aromatic heterocycles. The second kappa shape index (κ2) is 4.87. The number of nitrogen functional groups attached to an aromatic ring is 1. The minimum Gasteiger partial charge on any atom is -0.393 e. The van der Waals surface area contributed by atoms with E-state index in [9.17, 15) is 25.2 Å². The molecule has 0 radical (unpaired) electrons. The van der Waals surface area contributed by atoms with Crippen molar-refractivity contribution in [1.29, 1.82) is 0 Å². The molecule has 9 nitrogen and oxygen atoms in total. The fourth-order valence-electron chi connectivity index (χ4n) is 2.00. The van der Waals surface area contributed by atoms with Gasteiger partial charge in [0.05, 0.1) is 13.2 Å². The lowest BCUT2D eigenvalue weighted by Gasteiger charge is -2.27. The van der Waals surface area contributed by atoms with E-state index in [1.165, 1.54) is 12.3 Å². The Balaban J connectivity index is 2.39. The molecule has 0 amide bonds. The van der Waals surface area contributed by atoms with Gasteiger partial charge >= 0.3 is 5.69 Å². The first-order valence-electron chi connectivity index (χ1n) is 5.55. The second-order valence-corrected chi connectivity index (χ2v) is 4.37. The number of hydrogen-bond acceptors (Lipinski definition) is 8. The van der Waals surface area contributed by atoms with E-state index >= 15 is 0 Å². The lowest BCUT2D eigenvalue weighted by Crippen LogP contribution is -2.49. The van der Waals surface area contributed by atoms with E-state index in [1.807, 2.05) is 0 Å². The summed E-state index contributed by atoms with van der Waals surface area (Å²) < 4.78 is 6.19. The summed E-state index contributed by atoms with van der Waals surface area (Å²) in [5.41, 5.74) is 2.83. The van der Waals surface area contributed by atoms with Crippen LogP contribution in [0.4, 0.5) is 5.82 Å². The average molecular weight is 273 g/mol. The van der Waals surface area contributed by atoms with Gasteiger partial charge in [0.25, 0.3) is 0 Å². The van der Waals surface area contributed by atoms with Crippen molar-refractivity contribution >= 4 is 5.82 Å². The standard InChI is InChI=1S/C10H15N3O6/c11-5-1-2-13(9(18)12-5)8-6(16)7(17)10(3-14,4-15)19-8/h1-2,6-8,14-17H,3-4H2,(H2,11,12,18)/t6-,7-,8+/m0/s1. The SMILES string of the molecule is Nc1ccn([C@@H]2OC(CO)(CO)[C@@H](O)[C@@H]2O)c(=O)n1. The fourth-order valence-corrected chi connectivity index (χ4v) is 2.00. The number of hydrogen-bond donors (Lipinski definition) is 5. The lowest BCUT2D eigenvalue weighted by molar-refractivity contribution is -0.150. The number of rotatable bonds is 3. The van der Waals surface area contributed by atoms with Crippen LogP contribution < -0.4 is 11.4 Å². The van der Waals surface area contributed by atoms with Gasteiger partial charge in [-0.15, -0.1) is 0 Å². The predicted molar refractivity (Wildman–Crippen MR) is 61.9 cm³/mol. The maximum absolute atomic E-state index is 11.6. The fraction of sp³-hybridized carbons (Fsp3) is 0.600. The molecule has 0 bridgehead atoms. The maximum Gasteiger partial charge on any atom is 0.351 e. The first-order valence-corrected chi connectivity index (χ1v) is 5.55. The van der Waals surface area contributed by atoms with Gasteiger partial charge in [-0.3, -0.25) is 4.57 Å². The molecule has 1 aliphatic rings. The Bertz CT molecular complexity index is 514. The molecule has 0 aromatic carbocycles. The van der Waals surface area contributed by atoms with Gasteiger partial charge in [0.1, 0.15) is 23.6 Å². The monoisotopic (exact) mass is 273 g/mol. The van der Waals surface area contributed by atoms with Gasteiger partial charge in [0, 0.05) is 6.20 Å². The molecule has 9 heteroatoms. The number of aromatic nitrogens is 2. The van der Waals surface area contributed by atoms with Crippen LogP contribution in [0, 0.1) is 0 Å². The number of aliphatic hydroxyl groups excluding tert-OH is 4. The summed E-state index contributed by atoms with van der Waals surface area (Å²) in [6.07, 6.45) is -3.06. The normalized spacial score (nSPS) is 29.6. The number of ether oxygens (including phenoxy) is 1. The summed E-state index contributed by atoms with van der Waals surface area (Å²) in [5.74, 6) is 0.00450. The molecule has 0 spiro atoms. The highest BCUT2D eigenvalue weighted by molar-refractivity contribution is 5.23. The highest BCUT2D eigenvalue weighted by Gasteiger charge is 2.54. The van der Waals surface area contributed by atoms with E-state index in [4.69, 9.17) is 10.5 Å². The molecule has 1 saturated heterocycles. The van der Waals surface area contributed by atoms with Crippen molar-refractivity contribution in [3.05, 3.63) is 22.7 Å². The van der Waals surface area contributed by atoms with E-state index in [-0.39, 0.29) is 5.82 Å². The van der Waals surface area contributed by atoms with Crippen LogP contribution in [0.15, 0.2) is 17.1 Å². The smallest absolute Gasteiger partial charge is 0.351 e. The zero-order valence-corrected chi connectivity index (χ0v) is 9.88. The summed E-state index contributed by atoms with van der Waals surface area (Å²) in [6, 6.07) is 1.32. The average Bonchev–Trinajstić information content (AvgIpc) is 2.64. The van der Waals surface area contributed by atoms with Gasteiger partial charge in [-0.25, -0.2) is 4.79 Å². The molecule has 6 N–H and O–H groups in total. The van der Waals surface area contributed by atoms with Crippen LogP contribution in [0.2, 0.25) is 0 Å². The number of aliphatic hydroxyl groups is 4. The summed E-state index contributed by atoms with van der Waals surface area (Å²) in [7, 11) is 0. The van der Waals surface area contributed by atoms with Crippen LogP contribution in [0.1, 0.15) is 6.23 Å². The molecule has 3 atom stereocenters. The Morgan fingerprint density at radius 1 is 1.42 bits per heavy atom. The van der Waals surface area contributed by atoms with Crippen LogP contribution in [-0.4, -0.2) is 61.0 Å². The van der Waals surface area contributed by atoms with E-state index in [0.29, 0.717) is 0 Å². The van der Waals surface area contributed by atoms with E-state index in [1.54, 1.807) is 0 Å². The van der Waals surface area contributed by atoms with E-state index < -0.39 is 42.9 Å². The molecule has 0 saturated carbocycles. The third kappa shape index (κ3) is 2.11.